The Bertz CT molecular complexity index is 639. The fourth-order valence-electron chi connectivity index (χ4n) is 3.04. The number of benzene rings is 2. The van der Waals surface area contributed by atoms with Gasteiger partial charge >= 0.3 is 0 Å². The van der Waals surface area contributed by atoms with Gasteiger partial charge in [-0.25, -0.2) is 0 Å². The van der Waals surface area contributed by atoms with Crippen molar-refractivity contribution < 1.29 is 4.79 Å². The molecule has 0 atom stereocenters. The normalized spacial score (nSPS) is 16.6. The SMILES string of the molecule is Cc1cccc2c(C(=O)N3CCC(C)CC3)cccc12. The van der Waals surface area contributed by atoms with E-state index in [9.17, 15) is 4.79 Å². The lowest BCUT2D eigenvalue weighted by Crippen LogP contribution is -2.37. The number of hydrogen-bond donors (Lipinski definition) is 0. The molecule has 0 unspecified atom stereocenters. The van der Waals surface area contributed by atoms with Gasteiger partial charge < -0.3 is 4.90 Å². The number of carbonyl (C=O) groups is 1. The zero-order valence-corrected chi connectivity index (χ0v) is 12.2. The van der Waals surface area contributed by atoms with Crippen LogP contribution in [0.25, 0.3) is 10.8 Å². The average molecular weight is 267 g/mol. The van der Waals surface area contributed by atoms with Gasteiger partial charge in [0.2, 0.25) is 0 Å². The third-order valence-corrected chi connectivity index (χ3v) is 4.44. The summed E-state index contributed by atoms with van der Waals surface area (Å²) in [5, 5.41) is 2.26. The number of rotatable bonds is 1. The molecule has 2 aromatic carbocycles. The number of nitrogens with zero attached hydrogens (tertiary/aromatic N) is 1. The van der Waals surface area contributed by atoms with E-state index in [1.165, 1.54) is 10.9 Å². The Labute approximate surface area is 120 Å². The highest BCUT2D eigenvalue weighted by Crippen LogP contribution is 2.25. The smallest absolute Gasteiger partial charge is 0.254 e. The zero-order valence-electron chi connectivity index (χ0n) is 12.2. The molecule has 0 radical (unpaired) electrons. The van der Waals surface area contributed by atoms with Gasteiger partial charge in [0.1, 0.15) is 0 Å². The van der Waals surface area contributed by atoms with Crippen molar-refractivity contribution in [1.29, 1.82) is 0 Å². The lowest BCUT2D eigenvalue weighted by atomic mass is 9.96. The summed E-state index contributed by atoms with van der Waals surface area (Å²) in [7, 11) is 0. The van der Waals surface area contributed by atoms with E-state index in [0.29, 0.717) is 0 Å². The molecule has 1 fully saturated rings. The largest absolute Gasteiger partial charge is 0.339 e. The second-order valence-corrected chi connectivity index (χ2v) is 5.95. The van der Waals surface area contributed by atoms with Crippen molar-refractivity contribution in [2.24, 2.45) is 5.92 Å². The summed E-state index contributed by atoms with van der Waals surface area (Å²) in [5.41, 5.74) is 2.07. The average Bonchev–Trinajstić information content (AvgIpc) is 2.47. The number of likely N-dealkylation sites (tertiary alicyclic amines) is 1. The van der Waals surface area contributed by atoms with Gasteiger partial charge in [-0.3, -0.25) is 4.79 Å². The maximum Gasteiger partial charge on any atom is 0.254 e. The number of carbonyl (C=O) groups excluding carboxylic acids is 1. The van der Waals surface area contributed by atoms with Gasteiger partial charge in [0.15, 0.2) is 0 Å². The Balaban J connectivity index is 1.98. The lowest BCUT2D eigenvalue weighted by Gasteiger charge is -2.30. The van der Waals surface area contributed by atoms with E-state index < -0.39 is 0 Å². The molecule has 0 aromatic heterocycles. The lowest BCUT2D eigenvalue weighted by molar-refractivity contribution is 0.0699. The molecule has 104 valence electrons. The third kappa shape index (κ3) is 2.31. The molecule has 2 nitrogen and oxygen atoms in total. The fourth-order valence-corrected chi connectivity index (χ4v) is 3.04. The Morgan fingerprint density at radius 2 is 1.70 bits per heavy atom. The number of hydrogen-bond acceptors (Lipinski definition) is 1. The van der Waals surface area contributed by atoms with E-state index in [-0.39, 0.29) is 5.91 Å². The first kappa shape index (κ1) is 13.2. The second kappa shape index (κ2) is 5.28. The van der Waals surface area contributed by atoms with Crippen molar-refractivity contribution in [2.45, 2.75) is 26.7 Å². The Hall–Kier alpha value is -1.83. The molecule has 2 heteroatoms. The topological polar surface area (TPSA) is 20.3 Å². The first-order valence-corrected chi connectivity index (χ1v) is 7.44. The van der Waals surface area contributed by atoms with Crippen molar-refractivity contribution in [2.75, 3.05) is 13.1 Å². The van der Waals surface area contributed by atoms with E-state index in [2.05, 4.69) is 32.0 Å². The van der Waals surface area contributed by atoms with E-state index in [0.717, 1.165) is 42.8 Å². The molecule has 0 bridgehead atoms. The molecular weight excluding hydrogens is 246 g/mol. The molecule has 20 heavy (non-hydrogen) atoms. The maximum atomic E-state index is 12.8. The van der Waals surface area contributed by atoms with Crippen LogP contribution in [0.4, 0.5) is 0 Å². The van der Waals surface area contributed by atoms with Crippen LogP contribution in [0.3, 0.4) is 0 Å². The first-order chi connectivity index (χ1) is 9.66. The van der Waals surface area contributed by atoms with Crippen molar-refractivity contribution in [3.63, 3.8) is 0 Å². The van der Waals surface area contributed by atoms with Crippen LogP contribution in [0.15, 0.2) is 36.4 Å². The first-order valence-electron chi connectivity index (χ1n) is 7.44. The predicted octanol–water partition coefficient (Wildman–Crippen LogP) is 4.02. The Morgan fingerprint density at radius 1 is 1.05 bits per heavy atom. The van der Waals surface area contributed by atoms with Crippen LogP contribution < -0.4 is 0 Å². The van der Waals surface area contributed by atoms with Gasteiger partial charge in [-0.1, -0.05) is 37.3 Å². The second-order valence-electron chi connectivity index (χ2n) is 5.95. The van der Waals surface area contributed by atoms with Crippen LogP contribution in [0, 0.1) is 12.8 Å². The van der Waals surface area contributed by atoms with E-state index in [1.54, 1.807) is 0 Å². The fraction of sp³-hybridized carbons (Fsp3) is 0.389. The summed E-state index contributed by atoms with van der Waals surface area (Å²) in [6.07, 6.45) is 2.24. The highest BCUT2D eigenvalue weighted by molar-refractivity contribution is 6.07. The molecule has 1 amide bonds. The van der Waals surface area contributed by atoms with Crippen LogP contribution in [-0.2, 0) is 0 Å². The molecule has 0 spiro atoms. The van der Waals surface area contributed by atoms with Crippen LogP contribution in [0.1, 0.15) is 35.7 Å². The maximum absolute atomic E-state index is 12.8. The van der Waals surface area contributed by atoms with Crippen LogP contribution >= 0.6 is 0 Å². The number of fused-ring (bicyclic) bond motifs is 1. The van der Waals surface area contributed by atoms with Crippen molar-refractivity contribution >= 4 is 16.7 Å². The highest BCUT2D eigenvalue weighted by atomic mass is 16.2. The van der Waals surface area contributed by atoms with Gasteiger partial charge in [-0.2, -0.15) is 0 Å². The van der Waals surface area contributed by atoms with Gasteiger partial charge in [0.25, 0.3) is 5.91 Å². The minimum absolute atomic E-state index is 0.188. The van der Waals surface area contributed by atoms with Crippen LogP contribution in [0.2, 0.25) is 0 Å². The predicted molar refractivity (Wildman–Crippen MR) is 83.0 cm³/mol. The van der Waals surface area contributed by atoms with Crippen molar-refractivity contribution in [3.8, 4) is 0 Å². The van der Waals surface area contributed by atoms with E-state index >= 15 is 0 Å². The summed E-state index contributed by atoms with van der Waals surface area (Å²) in [6.45, 7) is 6.15. The van der Waals surface area contributed by atoms with Crippen LogP contribution in [-0.4, -0.2) is 23.9 Å². The third-order valence-electron chi connectivity index (χ3n) is 4.44. The minimum atomic E-state index is 0.188. The summed E-state index contributed by atoms with van der Waals surface area (Å²) in [4.78, 5) is 14.8. The molecule has 0 aliphatic carbocycles. The molecule has 1 heterocycles. The Morgan fingerprint density at radius 3 is 2.45 bits per heavy atom. The molecule has 2 aromatic rings. The molecular formula is C18H21NO. The van der Waals surface area contributed by atoms with E-state index in [1.807, 2.05) is 23.1 Å². The van der Waals surface area contributed by atoms with Crippen molar-refractivity contribution in [1.82, 2.24) is 4.90 Å². The number of amides is 1. The zero-order chi connectivity index (χ0) is 14.1. The van der Waals surface area contributed by atoms with Gasteiger partial charge in [-0.05, 0) is 48.1 Å². The van der Waals surface area contributed by atoms with Gasteiger partial charge in [0.05, 0.1) is 0 Å². The molecule has 1 aliphatic rings. The van der Waals surface area contributed by atoms with Crippen LogP contribution in [0.5, 0.6) is 0 Å². The number of aryl methyl sites for hydroxylation is 1. The Kier molecular flexibility index (Phi) is 3.47. The molecule has 0 saturated carbocycles. The quantitative estimate of drug-likeness (QED) is 0.764. The van der Waals surface area contributed by atoms with Crippen molar-refractivity contribution in [3.05, 3.63) is 47.5 Å². The monoisotopic (exact) mass is 267 g/mol. The number of piperidine rings is 1. The summed E-state index contributed by atoms with van der Waals surface area (Å²) in [6, 6.07) is 12.2. The van der Waals surface area contributed by atoms with Gasteiger partial charge in [0, 0.05) is 18.7 Å². The summed E-state index contributed by atoms with van der Waals surface area (Å²) >= 11 is 0. The molecule has 3 rings (SSSR count). The molecule has 0 N–H and O–H groups in total. The molecule has 1 saturated heterocycles. The minimum Gasteiger partial charge on any atom is -0.339 e. The summed E-state index contributed by atoms with van der Waals surface area (Å²) in [5.74, 6) is 0.932. The van der Waals surface area contributed by atoms with E-state index in [4.69, 9.17) is 0 Å². The summed E-state index contributed by atoms with van der Waals surface area (Å²) < 4.78 is 0. The molecule has 1 aliphatic heterocycles. The van der Waals surface area contributed by atoms with Gasteiger partial charge in [-0.15, -0.1) is 0 Å². The highest BCUT2D eigenvalue weighted by Gasteiger charge is 2.22. The standard InChI is InChI=1S/C18H21NO/c1-13-9-11-19(12-10-13)18(20)17-8-4-6-15-14(2)5-3-7-16(15)17/h3-8,13H,9-12H2,1-2H3.